The number of hydrogen-bond donors (Lipinski definition) is 1. The molecule has 0 aliphatic carbocycles. The molecule has 2 N–H and O–H groups in total. The number of nitrogens with zero attached hydrogens (tertiary/aromatic N) is 2. The van der Waals surface area contributed by atoms with Gasteiger partial charge in [-0.1, -0.05) is 24.3 Å². The second-order valence-electron chi connectivity index (χ2n) is 4.69. The zero-order chi connectivity index (χ0) is 13.8. The Labute approximate surface area is 122 Å². The summed E-state index contributed by atoms with van der Waals surface area (Å²) in [5.74, 6) is 0.952. The smallest absolute Gasteiger partial charge is 0.142 e. The van der Waals surface area contributed by atoms with Crippen molar-refractivity contribution in [1.29, 1.82) is 0 Å². The van der Waals surface area contributed by atoms with E-state index in [9.17, 15) is 0 Å². The Hall–Kier alpha value is -1.39. The average Bonchev–Trinajstić information content (AvgIpc) is 2.39. The molecular weight excluding hydrogens is 302 g/mol. The molecule has 0 atom stereocenters. The van der Waals surface area contributed by atoms with Crippen molar-refractivity contribution >= 4 is 21.7 Å². The fourth-order valence-electron chi connectivity index (χ4n) is 1.94. The lowest BCUT2D eigenvalue weighted by atomic mass is 10.1. The molecule has 0 unspecified atom stereocenters. The molecule has 2 aromatic rings. The zero-order valence-corrected chi connectivity index (χ0v) is 12.8. The molecule has 0 bridgehead atoms. The second kappa shape index (κ2) is 6.17. The highest BCUT2D eigenvalue weighted by Crippen LogP contribution is 2.24. The molecule has 1 aromatic heterocycles. The zero-order valence-electron chi connectivity index (χ0n) is 11.2. The molecule has 0 amide bonds. The third-order valence-electron chi connectivity index (χ3n) is 3.00. The average molecular weight is 320 g/mol. The van der Waals surface area contributed by atoms with E-state index in [1.54, 1.807) is 0 Å². The molecule has 0 saturated heterocycles. The summed E-state index contributed by atoms with van der Waals surface area (Å²) in [5.41, 5.74) is 9.15. The topological polar surface area (TPSA) is 42.2 Å². The van der Waals surface area contributed by atoms with E-state index in [-0.39, 0.29) is 0 Å². The first-order valence-corrected chi connectivity index (χ1v) is 7.00. The van der Waals surface area contributed by atoms with Gasteiger partial charge in [0.05, 0.1) is 4.47 Å². The summed E-state index contributed by atoms with van der Waals surface area (Å²) in [7, 11) is 2.04. The number of aromatic nitrogens is 1. The van der Waals surface area contributed by atoms with Crippen LogP contribution < -0.4 is 10.6 Å². The maximum Gasteiger partial charge on any atom is 0.142 e. The summed E-state index contributed by atoms with van der Waals surface area (Å²) in [4.78, 5) is 6.59. The first-order valence-electron chi connectivity index (χ1n) is 6.21. The van der Waals surface area contributed by atoms with Crippen LogP contribution in [0.2, 0.25) is 0 Å². The molecule has 0 fully saturated rings. The summed E-state index contributed by atoms with van der Waals surface area (Å²) in [5, 5.41) is 0. The van der Waals surface area contributed by atoms with Gasteiger partial charge in [0.2, 0.25) is 0 Å². The summed E-state index contributed by atoms with van der Waals surface area (Å²) in [6, 6.07) is 10.4. The lowest BCUT2D eigenvalue weighted by molar-refractivity contribution is 0.890. The Morgan fingerprint density at radius 3 is 2.42 bits per heavy atom. The van der Waals surface area contributed by atoms with E-state index < -0.39 is 0 Å². The fourth-order valence-corrected chi connectivity index (χ4v) is 2.70. The van der Waals surface area contributed by atoms with Crippen molar-refractivity contribution in [1.82, 2.24) is 4.98 Å². The van der Waals surface area contributed by atoms with Gasteiger partial charge in [-0.25, -0.2) is 4.98 Å². The molecule has 3 nitrogen and oxygen atoms in total. The number of halogens is 1. The van der Waals surface area contributed by atoms with E-state index in [1.165, 1.54) is 5.56 Å². The van der Waals surface area contributed by atoms with Gasteiger partial charge in [-0.15, -0.1) is 0 Å². The van der Waals surface area contributed by atoms with Crippen molar-refractivity contribution in [2.24, 2.45) is 5.73 Å². The van der Waals surface area contributed by atoms with Gasteiger partial charge in [-0.3, -0.25) is 0 Å². The summed E-state index contributed by atoms with van der Waals surface area (Å²) in [6.07, 6.45) is 1.88. The Balaban J connectivity index is 2.13. The molecule has 0 aliphatic heterocycles. The van der Waals surface area contributed by atoms with Crippen molar-refractivity contribution in [3.8, 4) is 0 Å². The molecule has 0 spiro atoms. The van der Waals surface area contributed by atoms with Gasteiger partial charge in [0.25, 0.3) is 0 Å². The van der Waals surface area contributed by atoms with Gasteiger partial charge in [0.15, 0.2) is 0 Å². The molecule has 0 saturated carbocycles. The number of nitrogens with two attached hydrogens (primary N) is 1. The number of anilines is 1. The molecule has 19 heavy (non-hydrogen) atoms. The highest BCUT2D eigenvalue weighted by atomic mass is 79.9. The van der Waals surface area contributed by atoms with Crippen molar-refractivity contribution in [2.75, 3.05) is 11.9 Å². The SMILES string of the molecule is Cc1cnc(N(C)Cc2ccc(CN)cc2)c(Br)c1. The van der Waals surface area contributed by atoms with E-state index in [0.717, 1.165) is 28.0 Å². The number of pyridine rings is 1. The minimum atomic E-state index is 0.585. The first-order chi connectivity index (χ1) is 9.10. The number of benzene rings is 1. The molecule has 1 aromatic carbocycles. The van der Waals surface area contributed by atoms with Crippen LogP contribution in [0, 0.1) is 6.92 Å². The van der Waals surface area contributed by atoms with Gasteiger partial charge in [-0.2, -0.15) is 0 Å². The van der Waals surface area contributed by atoms with Crippen LogP contribution in [0.25, 0.3) is 0 Å². The Morgan fingerprint density at radius 1 is 1.21 bits per heavy atom. The highest BCUT2D eigenvalue weighted by Gasteiger charge is 2.08. The summed E-state index contributed by atoms with van der Waals surface area (Å²) < 4.78 is 1.02. The van der Waals surface area contributed by atoms with Crippen LogP contribution in [0.4, 0.5) is 5.82 Å². The lowest BCUT2D eigenvalue weighted by Gasteiger charge is -2.20. The van der Waals surface area contributed by atoms with E-state index in [2.05, 4.69) is 56.1 Å². The Bertz CT molecular complexity index is 552. The van der Waals surface area contributed by atoms with Gasteiger partial charge >= 0.3 is 0 Å². The van der Waals surface area contributed by atoms with Crippen molar-refractivity contribution in [3.63, 3.8) is 0 Å². The first kappa shape index (κ1) is 14.0. The quantitative estimate of drug-likeness (QED) is 0.940. The van der Waals surface area contributed by atoms with Gasteiger partial charge < -0.3 is 10.6 Å². The number of aryl methyl sites for hydroxylation is 1. The second-order valence-corrected chi connectivity index (χ2v) is 5.55. The van der Waals surface area contributed by atoms with Crippen LogP contribution in [0.1, 0.15) is 16.7 Å². The molecule has 100 valence electrons. The molecular formula is C15H18BrN3. The van der Waals surface area contributed by atoms with E-state index in [0.29, 0.717) is 6.54 Å². The van der Waals surface area contributed by atoms with Gasteiger partial charge in [0.1, 0.15) is 5.82 Å². The molecule has 2 rings (SSSR count). The minimum Gasteiger partial charge on any atom is -0.354 e. The summed E-state index contributed by atoms with van der Waals surface area (Å²) >= 11 is 3.56. The minimum absolute atomic E-state index is 0.585. The maximum atomic E-state index is 5.60. The number of rotatable bonds is 4. The molecule has 1 heterocycles. The van der Waals surface area contributed by atoms with Crippen LogP contribution in [0.15, 0.2) is 41.0 Å². The summed E-state index contributed by atoms with van der Waals surface area (Å²) in [6.45, 7) is 3.44. The third kappa shape index (κ3) is 3.55. The van der Waals surface area contributed by atoms with Crippen molar-refractivity contribution in [3.05, 3.63) is 57.7 Å². The van der Waals surface area contributed by atoms with E-state index in [4.69, 9.17) is 5.73 Å². The van der Waals surface area contributed by atoms with Crippen LogP contribution in [-0.4, -0.2) is 12.0 Å². The van der Waals surface area contributed by atoms with Crippen molar-refractivity contribution < 1.29 is 0 Å². The number of hydrogen-bond acceptors (Lipinski definition) is 3. The largest absolute Gasteiger partial charge is 0.354 e. The predicted octanol–water partition coefficient (Wildman–Crippen LogP) is 3.25. The van der Waals surface area contributed by atoms with Gasteiger partial charge in [-0.05, 0) is 45.6 Å². The molecule has 4 heteroatoms. The van der Waals surface area contributed by atoms with Gasteiger partial charge in [0, 0.05) is 26.3 Å². The monoisotopic (exact) mass is 319 g/mol. The van der Waals surface area contributed by atoms with E-state index in [1.807, 2.05) is 20.2 Å². The van der Waals surface area contributed by atoms with Crippen LogP contribution in [-0.2, 0) is 13.1 Å². The lowest BCUT2D eigenvalue weighted by Crippen LogP contribution is -2.18. The van der Waals surface area contributed by atoms with Crippen LogP contribution in [0.3, 0.4) is 0 Å². The normalized spacial score (nSPS) is 10.5. The van der Waals surface area contributed by atoms with Crippen LogP contribution >= 0.6 is 15.9 Å². The molecule has 0 aliphatic rings. The Morgan fingerprint density at radius 2 is 1.84 bits per heavy atom. The van der Waals surface area contributed by atoms with Crippen molar-refractivity contribution in [2.45, 2.75) is 20.0 Å². The van der Waals surface area contributed by atoms with E-state index >= 15 is 0 Å². The highest BCUT2D eigenvalue weighted by molar-refractivity contribution is 9.10. The standard InChI is InChI=1S/C15H18BrN3/c1-11-7-14(16)15(18-9-11)19(2)10-13-5-3-12(8-17)4-6-13/h3-7,9H,8,10,17H2,1-2H3. The predicted molar refractivity (Wildman–Crippen MR) is 83.1 cm³/mol. The fraction of sp³-hybridized carbons (Fsp3) is 0.267. The van der Waals surface area contributed by atoms with Crippen LogP contribution in [0.5, 0.6) is 0 Å². The maximum absolute atomic E-state index is 5.60. The molecule has 0 radical (unpaired) electrons. The Kier molecular flexibility index (Phi) is 4.56. The third-order valence-corrected chi connectivity index (χ3v) is 3.58.